The van der Waals surface area contributed by atoms with E-state index < -0.39 is 6.04 Å². The van der Waals surface area contributed by atoms with Gasteiger partial charge in [-0.3, -0.25) is 9.59 Å². The Bertz CT molecular complexity index is 746. The fourth-order valence-corrected chi connectivity index (χ4v) is 5.01. The second-order valence-corrected chi connectivity index (χ2v) is 10.3. The molecule has 31 heavy (non-hydrogen) atoms. The Morgan fingerprint density at radius 3 is 2.58 bits per heavy atom. The summed E-state index contributed by atoms with van der Waals surface area (Å²) < 4.78 is 0. The molecule has 0 aliphatic carbocycles. The van der Waals surface area contributed by atoms with Gasteiger partial charge in [-0.2, -0.15) is 0 Å². The van der Waals surface area contributed by atoms with Crippen molar-refractivity contribution in [3.05, 3.63) is 35.9 Å². The fraction of sp³-hybridized carbons (Fsp3) is 0.680. The van der Waals surface area contributed by atoms with Crippen LogP contribution in [0.15, 0.2) is 30.3 Å². The molecule has 0 radical (unpaired) electrons. The topological polar surface area (TPSA) is 73.5 Å². The van der Waals surface area contributed by atoms with E-state index in [4.69, 9.17) is 0 Å². The van der Waals surface area contributed by atoms with Gasteiger partial charge < -0.3 is 20.9 Å². The summed E-state index contributed by atoms with van der Waals surface area (Å²) in [5, 5.41) is 9.53. The Morgan fingerprint density at radius 2 is 1.94 bits per heavy atom. The first-order valence-electron chi connectivity index (χ1n) is 11.8. The molecule has 0 bridgehead atoms. The Morgan fingerprint density at radius 1 is 1.23 bits per heavy atom. The molecule has 2 fully saturated rings. The van der Waals surface area contributed by atoms with Crippen molar-refractivity contribution in [1.82, 2.24) is 20.9 Å². The molecule has 2 amide bonds. The van der Waals surface area contributed by atoms with Crippen LogP contribution in [0.4, 0.5) is 0 Å². The Balaban J connectivity index is 1.82. The number of amides is 2. The lowest BCUT2D eigenvalue weighted by Gasteiger charge is -2.40. The average molecular weight is 429 g/mol. The van der Waals surface area contributed by atoms with Crippen molar-refractivity contribution in [2.45, 2.75) is 77.5 Å². The van der Waals surface area contributed by atoms with E-state index in [-0.39, 0.29) is 35.4 Å². The van der Waals surface area contributed by atoms with Gasteiger partial charge >= 0.3 is 0 Å². The van der Waals surface area contributed by atoms with Crippen LogP contribution in [0.1, 0.15) is 52.5 Å². The van der Waals surface area contributed by atoms with E-state index >= 15 is 0 Å². The summed E-state index contributed by atoms with van der Waals surface area (Å²) in [5.74, 6) is 0.478. The zero-order valence-electron chi connectivity index (χ0n) is 19.8. The smallest absolute Gasteiger partial charge is 0.246 e. The van der Waals surface area contributed by atoms with Crippen LogP contribution in [0.3, 0.4) is 0 Å². The third-order valence-electron chi connectivity index (χ3n) is 7.00. The predicted octanol–water partition coefficient (Wildman–Crippen LogP) is 2.34. The van der Waals surface area contributed by atoms with E-state index in [0.717, 1.165) is 38.8 Å². The first kappa shape index (κ1) is 23.7. The molecule has 2 aliphatic heterocycles. The quantitative estimate of drug-likeness (QED) is 0.623. The summed E-state index contributed by atoms with van der Waals surface area (Å²) >= 11 is 0. The van der Waals surface area contributed by atoms with E-state index in [1.807, 2.05) is 33.8 Å². The van der Waals surface area contributed by atoms with Gasteiger partial charge in [0.05, 0.1) is 6.04 Å². The molecule has 3 rings (SSSR count). The molecule has 6 heteroatoms. The summed E-state index contributed by atoms with van der Waals surface area (Å²) in [6, 6.07) is 10.1. The zero-order valence-corrected chi connectivity index (χ0v) is 19.8. The van der Waals surface area contributed by atoms with Crippen LogP contribution in [-0.4, -0.2) is 61.0 Å². The molecule has 2 saturated heterocycles. The predicted molar refractivity (Wildman–Crippen MR) is 125 cm³/mol. The molecule has 2 aliphatic rings. The van der Waals surface area contributed by atoms with Crippen LogP contribution in [-0.2, 0) is 16.0 Å². The Labute approximate surface area is 187 Å². The molecule has 3 unspecified atom stereocenters. The highest BCUT2D eigenvalue weighted by molar-refractivity contribution is 5.90. The monoisotopic (exact) mass is 428 g/mol. The molecule has 0 spiro atoms. The molecular formula is C25H40N4O2. The number of likely N-dealkylation sites (tertiary alicyclic amines) is 1. The van der Waals surface area contributed by atoms with E-state index in [1.165, 1.54) is 5.56 Å². The first-order chi connectivity index (χ1) is 14.7. The van der Waals surface area contributed by atoms with Crippen molar-refractivity contribution in [2.24, 2.45) is 11.3 Å². The maximum atomic E-state index is 14.0. The number of likely N-dealkylation sites (N-methyl/N-ethyl adjacent to an activating group) is 1. The lowest BCUT2D eigenvalue weighted by Crippen LogP contribution is -2.61. The number of carbonyl (C=O) groups is 2. The van der Waals surface area contributed by atoms with Gasteiger partial charge in [-0.05, 0) is 63.1 Å². The van der Waals surface area contributed by atoms with Crippen molar-refractivity contribution in [3.8, 4) is 0 Å². The molecular weight excluding hydrogens is 388 g/mol. The fourth-order valence-electron chi connectivity index (χ4n) is 5.01. The molecule has 3 N–H and O–H groups in total. The van der Waals surface area contributed by atoms with Crippen LogP contribution in [0.2, 0.25) is 0 Å². The molecule has 6 nitrogen and oxygen atoms in total. The van der Waals surface area contributed by atoms with Crippen LogP contribution in [0, 0.1) is 11.3 Å². The van der Waals surface area contributed by atoms with Gasteiger partial charge in [-0.15, -0.1) is 0 Å². The SMILES string of the molecule is CN[C@@H](C)C(=O)N[C@H](C(=O)N1C(CCc2ccccc2)CC2CCNCC21)C(C)(C)C. The molecule has 172 valence electrons. The largest absolute Gasteiger partial charge is 0.342 e. The average Bonchev–Trinajstić information content (AvgIpc) is 3.13. The summed E-state index contributed by atoms with van der Waals surface area (Å²) in [6.07, 6.45) is 4.09. The highest BCUT2D eigenvalue weighted by atomic mass is 16.2. The van der Waals surface area contributed by atoms with Crippen LogP contribution >= 0.6 is 0 Å². The van der Waals surface area contributed by atoms with Crippen LogP contribution in [0.5, 0.6) is 0 Å². The Hall–Kier alpha value is -1.92. The third kappa shape index (κ3) is 5.66. The number of carbonyl (C=O) groups excluding carboxylic acids is 2. The maximum absolute atomic E-state index is 14.0. The van der Waals surface area contributed by atoms with E-state index in [2.05, 4.69) is 45.1 Å². The van der Waals surface area contributed by atoms with Crippen molar-refractivity contribution in [3.63, 3.8) is 0 Å². The second-order valence-electron chi connectivity index (χ2n) is 10.3. The van der Waals surface area contributed by atoms with Crippen LogP contribution in [0.25, 0.3) is 0 Å². The number of nitrogens with one attached hydrogen (secondary N) is 3. The molecule has 0 saturated carbocycles. The van der Waals surface area contributed by atoms with Crippen molar-refractivity contribution in [1.29, 1.82) is 0 Å². The lowest BCUT2D eigenvalue weighted by atomic mass is 9.85. The standard InChI is InChI=1S/C25H40N4O2/c1-17(26-5)23(30)28-22(25(2,3)4)24(31)29-20(12-11-18-9-7-6-8-10-18)15-19-13-14-27-16-21(19)29/h6-10,17,19-22,26-27H,11-16H2,1-5H3,(H,28,30)/t17-,19?,20?,21?,22+/m0/s1. The van der Waals surface area contributed by atoms with E-state index in [1.54, 1.807) is 7.05 Å². The lowest BCUT2D eigenvalue weighted by molar-refractivity contribution is -0.142. The number of nitrogens with zero attached hydrogens (tertiary/aromatic N) is 1. The van der Waals surface area contributed by atoms with Crippen LogP contribution < -0.4 is 16.0 Å². The van der Waals surface area contributed by atoms with Gasteiger partial charge in [0, 0.05) is 18.6 Å². The minimum atomic E-state index is -0.546. The van der Waals surface area contributed by atoms with Gasteiger partial charge in [0.15, 0.2) is 0 Å². The first-order valence-corrected chi connectivity index (χ1v) is 11.8. The number of hydrogen-bond donors (Lipinski definition) is 3. The van der Waals surface area contributed by atoms with Gasteiger partial charge in [0.2, 0.25) is 11.8 Å². The van der Waals surface area contributed by atoms with E-state index in [0.29, 0.717) is 5.92 Å². The molecule has 1 aromatic rings. The molecule has 0 aromatic heterocycles. The van der Waals surface area contributed by atoms with Crippen molar-refractivity contribution >= 4 is 11.8 Å². The summed E-state index contributed by atoms with van der Waals surface area (Å²) in [7, 11) is 1.76. The van der Waals surface area contributed by atoms with Gasteiger partial charge in [0.25, 0.3) is 0 Å². The minimum Gasteiger partial charge on any atom is -0.342 e. The summed E-state index contributed by atoms with van der Waals surface area (Å²) in [5.41, 5.74) is 0.941. The maximum Gasteiger partial charge on any atom is 0.246 e. The summed E-state index contributed by atoms with van der Waals surface area (Å²) in [4.78, 5) is 28.8. The number of benzene rings is 1. The summed E-state index contributed by atoms with van der Waals surface area (Å²) in [6.45, 7) is 9.78. The minimum absolute atomic E-state index is 0.0680. The van der Waals surface area contributed by atoms with Gasteiger partial charge in [-0.25, -0.2) is 0 Å². The van der Waals surface area contributed by atoms with Crippen molar-refractivity contribution in [2.75, 3.05) is 20.1 Å². The number of piperidine rings is 1. The Kier molecular flexibility index (Phi) is 7.76. The molecule has 2 heterocycles. The molecule has 1 aromatic carbocycles. The highest BCUT2D eigenvalue weighted by Gasteiger charge is 2.48. The number of aryl methyl sites for hydroxylation is 1. The number of rotatable bonds is 7. The van der Waals surface area contributed by atoms with Crippen molar-refractivity contribution < 1.29 is 9.59 Å². The van der Waals surface area contributed by atoms with Gasteiger partial charge in [-0.1, -0.05) is 51.1 Å². The normalized spacial score (nSPS) is 25.6. The number of hydrogen-bond acceptors (Lipinski definition) is 4. The van der Waals surface area contributed by atoms with Gasteiger partial charge in [0.1, 0.15) is 6.04 Å². The highest BCUT2D eigenvalue weighted by Crippen LogP contribution is 2.37. The third-order valence-corrected chi connectivity index (χ3v) is 7.00. The van der Waals surface area contributed by atoms with E-state index in [9.17, 15) is 9.59 Å². The number of fused-ring (bicyclic) bond motifs is 1. The second kappa shape index (κ2) is 10.1. The molecule has 5 atom stereocenters. The zero-order chi connectivity index (χ0) is 22.6.